The van der Waals surface area contributed by atoms with Crippen molar-refractivity contribution in [2.24, 2.45) is 0 Å². The molecule has 0 aliphatic heterocycles. The van der Waals surface area contributed by atoms with Gasteiger partial charge in [0.2, 0.25) is 0 Å². The molecule has 1 aliphatic carbocycles. The maximum Gasteiger partial charge on any atom is 0.150 e. The Morgan fingerprint density at radius 1 is 1.19 bits per heavy atom. The van der Waals surface area contributed by atoms with E-state index >= 15 is 0 Å². The summed E-state index contributed by atoms with van der Waals surface area (Å²) in [6, 6.07) is 7.56. The molecule has 0 aromatic heterocycles. The van der Waals surface area contributed by atoms with E-state index < -0.39 is 0 Å². The highest BCUT2D eigenvalue weighted by Gasteiger charge is 2.23. The fourth-order valence-corrected chi connectivity index (χ4v) is 3.23. The van der Waals surface area contributed by atoms with Gasteiger partial charge in [-0.2, -0.15) is 0 Å². The third kappa shape index (κ3) is 2.86. The fourth-order valence-electron chi connectivity index (χ4n) is 2.01. The fraction of sp³-hybridized carbons (Fsp3) is 0.462. The molecule has 0 saturated heterocycles. The first-order valence-corrected chi connectivity index (χ1v) is 6.57. The summed E-state index contributed by atoms with van der Waals surface area (Å²) in [6.45, 7) is 0. The number of aliphatic hydroxyl groups excluding tert-OH is 1. The van der Waals surface area contributed by atoms with Crippen LogP contribution in [0.25, 0.3) is 0 Å². The van der Waals surface area contributed by atoms with Crippen molar-refractivity contribution < 1.29 is 9.90 Å². The van der Waals surface area contributed by atoms with Crippen molar-refractivity contribution in [3.05, 3.63) is 29.8 Å². The Morgan fingerprint density at radius 2 is 1.88 bits per heavy atom. The lowest BCUT2D eigenvalue weighted by Crippen LogP contribution is -2.26. The van der Waals surface area contributed by atoms with Gasteiger partial charge in [-0.25, -0.2) is 0 Å². The van der Waals surface area contributed by atoms with Gasteiger partial charge in [0.1, 0.15) is 6.29 Å². The molecule has 3 heteroatoms. The van der Waals surface area contributed by atoms with Crippen molar-refractivity contribution >= 4 is 18.0 Å². The monoisotopic (exact) mass is 236 g/mol. The second-order valence-corrected chi connectivity index (χ2v) is 5.51. The largest absolute Gasteiger partial charge is 0.392 e. The van der Waals surface area contributed by atoms with Gasteiger partial charge in [-0.3, -0.25) is 4.79 Å². The van der Waals surface area contributed by atoms with Crippen molar-refractivity contribution in [2.45, 2.75) is 41.9 Å². The first-order chi connectivity index (χ1) is 7.79. The average molecular weight is 236 g/mol. The first-order valence-electron chi connectivity index (χ1n) is 5.69. The molecule has 86 valence electrons. The second kappa shape index (κ2) is 5.51. The Balaban J connectivity index is 1.99. The normalized spacial score (nSPS) is 25.3. The van der Waals surface area contributed by atoms with Gasteiger partial charge in [0, 0.05) is 15.7 Å². The second-order valence-electron chi connectivity index (χ2n) is 4.19. The molecule has 0 heterocycles. The van der Waals surface area contributed by atoms with Crippen molar-refractivity contribution in [3.63, 3.8) is 0 Å². The van der Waals surface area contributed by atoms with E-state index in [-0.39, 0.29) is 6.10 Å². The third-order valence-corrected chi connectivity index (χ3v) is 4.37. The van der Waals surface area contributed by atoms with Crippen LogP contribution in [0.15, 0.2) is 29.2 Å². The molecule has 0 bridgehead atoms. The lowest BCUT2D eigenvalue weighted by molar-refractivity contribution is 0.112. The highest BCUT2D eigenvalue weighted by Crippen LogP contribution is 2.33. The molecule has 2 rings (SSSR count). The van der Waals surface area contributed by atoms with Crippen molar-refractivity contribution in [2.75, 3.05) is 0 Å². The minimum Gasteiger partial charge on any atom is -0.392 e. The summed E-state index contributed by atoms with van der Waals surface area (Å²) >= 11 is 1.73. The van der Waals surface area contributed by atoms with Crippen molar-refractivity contribution in [1.29, 1.82) is 0 Å². The number of benzene rings is 1. The minimum absolute atomic E-state index is 0.176. The Hall–Kier alpha value is -0.800. The van der Waals surface area contributed by atoms with E-state index in [0.29, 0.717) is 10.8 Å². The van der Waals surface area contributed by atoms with Gasteiger partial charge in [0.15, 0.2) is 0 Å². The Kier molecular flexibility index (Phi) is 4.02. The molecule has 0 spiro atoms. The van der Waals surface area contributed by atoms with E-state index in [9.17, 15) is 9.90 Å². The minimum atomic E-state index is -0.176. The Labute approximate surface area is 100 Å². The Morgan fingerprint density at radius 3 is 2.50 bits per heavy atom. The number of aldehydes is 1. The van der Waals surface area contributed by atoms with Crippen LogP contribution in [0.2, 0.25) is 0 Å². The molecule has 1 fully saturated rings. The number of rotatable bonds is 3. The quantitative estimate of drug-likeness (QED) is 0.820. The van der Waals surface area contributed by atoms with Gasteiger partial charge in [0.25, 0.3) is 0 Å². The molecule has 1 N–H and O–H groups in total. The van der Waals surface area contributed by atoms with Crippen LogP contribution in [-0.4, -0.2) is 22.7 Å². The zero-order chi connectivity index (χ0) is 11.4. The van der Waals surface area contributed by atoms with Crippen molar-refractivity contribution in [3.8, 4) is 0 Å². The van der Waals surface area contributed by atoms with Gasteiger partial charge >= 0.3 is 0 Å². The van der Waals surface area contributed by atoms with Crippen LogP contribution in [0, 0.1) is 0 Å². The number of hydrogen-bond donors (Lipinski definition) is 1. The van der Waals surface area contributed by atoms with Crippen LogP contribution in [0.5, 0.6) is 0 Å². The van der Waals surface area contributed by atoms with Crippen LogP contribution < -0.4 is 0 Å². The Bertz CT molecular complexity index is 347. The number of hydrogen-bond acceptors (Lipinski definition) is 3. The van der Waals surface area contributed by atoms with Crippen molar-refractivity contribution in [1.82, 2.24) is 0 Å². The molecule has 0 radical (unpaired) electrons. The zero-order valence-electron chi connectivity index (χ0n) is 9.13. The molecule has 0 amide bonds. The standard InChI is InChI=1S/C13H16O2S/c14-9-10-5-7-11(8-6-10)16-13-4-2-1-3-12(13)15/h5-9,12-13,15H,1-4H2. The predicted octanol–water partition coefficient (Wildman–Crippen LogP) is 2.89. The van der Waals surface area contributed by atoms with Crippen LogP contribution in [0.1, 0.15) is 36.0 Å². The van der Waals surface area contributed by atoms with E-state index in [0.717, 1.165) is 30.4 Å². The summed E-state index contributed by atoms with van der Waals surface area (Å²) in [5, 5.41) is 10.2. The molecule has 1 aliphatic rings. The molecule has 1 saturated carbocycles. The summed E-state index contributed by atoms with van der Waals surface area (Å²) in [6.07, 6.45) is 5.03. The summed E-state index contributed by atoms with van der Waals surface area (Å²) in [7, 11) is 0. The van der Waals surface area contributed by atoms with E-state index in [2.05, 4.69) is 0 Å². The smallest absolute Gasteiger partial charge is 0.150 e. The van der Waals surface area contributed by atoms with Crippen LogP contribution >= 0.6 is 11.8 Å². The SMILES string of the molecule is O=Cc1ccc(SC2CCCCC2O)cc1. The molecule has 1 aromatic carbocycles. The maximum absolute atomic E-state index is 10.5. The van der Waals surface area contributed by atoms with E-state index in [4.69, 9.17) is 0 Å². The van der Waals surface area contributed by atoms with E-state index in [1.54, 1.807) is 11.8 Å². The lowest BCUT2D eigenvalue weighted by Gasteiger charge is -2.26. The maximum atomic E-state index is 10.5. The van der Waals surface area contributed by atoms with E-state index in [1.165, 1.54) is 6.42 Å². The molecular formula is C13H16O2S. The van der Waals surface area contributed by atoms with Gasteiger partial charge in [-0.1, -0.05) is 25.0 Å². The van der Waals surface area contributed by atoms with Gasteiger partial charge in [-0.15, -0.1) is 11.8 Å². The van der Waals surface area contributed by atoms with Gasteiger partial charge in [-0.05, 0) is 25.0 Å². The van der Waals surface area contributed by atoms with Gasteiger partial charge in [0.05, 0.1) is 6.10 Å². The highest BCUT2D eigenvalue weighted by molar-refractivity contribution is 8.00. The molecular weight excluding hydrogens is 220 g/mol. The molecule has 1 aromatic rings. The zero-order valence-corrected chi connectivity index (χ0v) is 9.95. The molecule has 2 nitrogen and oxygen atoms in total. The van der Waals surface area contributed by atoms with Crippen LogP contribution in [0.4, 0.5) is 0 Å². The average Bonchev–Trinajstić information content (AvgIpc) is 2.33. The van der Waals surface area contributed by atoms with Gasteiger partial charge < -0.3 is 5.11 Å². The lowest BCUT2D eigenvalue weighted by atomic mass is 9.97. The van der Waals surface area contributed by atoms with E-state index in [1.807, 2.05) is 24.3 Å². The molecule has 16 heavy (non-hydrogen) atoms. The highest BCUT2D eigenvalue weighted by atomic mass is 32.2. The number of carbonyl (C=O) groups is 1. The van der Waals surface area contributed by atoms with Crippen LogP contribution in [-0.2, 0) is 0 Å². The topological polar surface area (TPSA) is 37.3 Å². The van der Waals surface area contributed by atoms with Crippen LogP contribution in [0.3, 0.4) is 0 Å². The first kappa shape index (κ1) is 11.7. The summed E-state index contributed by atoms with van der Waals surface area (Å²) < 4.78 is 0. The molecule has 2 unspecified atom stereocenters. The summed E-state index contributed by atoms with van der Waals surface area (Å²) in [5.41, 5.74) is 0.702. The molecule has 2 atom stereocenters. The number of aliphatic hydroxyl groups is 1. The third-order valence-electron chi connectivity index (χ3n) is 2.97. The predicted molar refractivity (Wildman–Crippen MR) is 65.9 cm³/mol. The summed E-state index contributed by atoms with van der Waals surface area (Å²) in [5.74, 6) is 0. The number of thioether (sulfide) groups is 1. The summed E-state index contributed by atoms with van der Waals surface area (Å²) in [4.78, 5) is 11.6. The number of carbonyl (C=O) groups excluding carboxylic acids is 1.